The quantitative estimate of drug-likeness (QED) is 0.557. The van der Waals surface area contributed by atoms with E-state index in [1.165, 1.54) is 0 Å². The van der Waals surface area contributed by atoms with Crippen LogP contribution in [0.4, 0.5) is 0 Å². The molecule has 1 amide bonds. The van der Waals surface area contributed by atoms with Gasteiger partial charge in [0.05, 0.1) is 11.0 Å². The molecule has 0 aliphatic carbocycles. The predicted molar refractivity (Wildman–Crippen MR) is 120 cm³/mol. The molecule has 31 heavy (non-hydrogen) atoms. The Labute approximate surface area is 181 Å². The molecule has 3 aromatic rings. The molecule has 4 rings (SSSR count). The van der Waals surface area contributed by atoms with Gasteiger partial charge in [-0.25, -0.2) is 4.79 Å². The number of carbonyl (C=O) groups is 1. The van der Waals surface area contributed by atoms with Crippen molar-refractivity contribution < 1.29 is 14.3 Å². The van der Waals surface area contributed by atoms with Gasteiger partial charge < -0.3 is 14.4 Å². The van der Waals surface area contributed by atoms with E-state index in [4.69, 9.17) is 9.47 Å². The number of ether oxygens (including phenoxy) is 2. The van der Waals surface area contributed by atoms with E-state index in [0.29, 0.717) is 39.4 Å². The maximum absolute atomic E-state index is 13.0. The van der Waals surface area contributed by atoms with E-state index in [1.807, 2.05) is 49.4 Å². The summed E-state index contributed by atoms with van der Waals surface area (Å²) in [6.45, 7) is 7.12. The molecule has 164 valence electrons. The van der Waals surface area contributed by atoms with Crippen molar-refractivity contribution in [3.05, 3.63) is 58.5 Å². The Morgan fingerprint density at radius 2 is 1.68 bits per heavy atom. The van der Waals surface area contributed by atoms with Crippen molar-refractivity contribution >= 4 is 16.9 Å². The highest BCUT2D eigenvalue weighted by atomic mass is 16.6. The topological polar surface area (TPSA) is 65.7 Å². The summed E-state index contributed by atoms with van der Waals surface area (Å²) in [5.41, 5.74) is 2.67. The van der Waals surface area contributed by atoms with E-state index in [-0.39, 0.29) is 18.0 Å². The lowest BCUT2D eigenvalue weighted by Crippen LogP contribution is -2.33. The fraction of sp³-hybridized carbons (Fsp3) is 0.417. The smallest absolute Gasteiger partial charge is 0.329 e. The first-order valence-corrected chi connectivity index (χ1v) is 11.0. The molecule has 0 unspecified atom stereocenters. The Kier molecular flexibility index (Phi) is 6.30. The first kappa shape index (κ1) is 21.0. The van der Waals surface area contributed by atoms with Crippen LogP contribution in [0.1, 0.15) is 32.3 Å². The number of aromatic nitrogens is 2. The summed E-state index contributed by atoms with van der Waals surface area (Å²) < 4.78 is 15.0. The highest BCUT2D eigenvalue weighted by Gasteiger charge is 2.20. The predicted octanol–water partition coefficient (Wildman–Crippen LogP) is 3.42. The van der Waals surface area contributed by atoms with Gasteiger partial charge in [0.25, 0.3) is 0 Å². The van der Waals surface area contributed by atoms with Crippen molar-refractivity contribution in [2.24, 2.45) is 0 Å². The summed E-state index contributed by atoms with van der Waals surface area (Å²) in [6, 6.07) is 13.5. The van der Waals surface area contributed by atoms with Crippen molar-refractivity contribution in [3.8, 4) is 11.5 Å². The lowest BCUT2D eigenvalue weighted by molar-refractivity contribution is -0.131. The van der Waals surface area contributed by atoms with Crippen molar-refractivity contribution in [1.29, 1.82) is 0 Å². The normalized spacial score (nSPS) is 12.8. The molecule has 0 atom stereocenters. The molecule has 1 aliphatic heterocycles. The third kappa shape index (κ3) is 4.17. The van der Waals surface area contributed by atoms with E-state index in [9.17, 15) is 9.59 Å². The van der Waals surface area contributed by atoms with Crippen molar-refractivity contribution in [1.82, 2.24) is 14.0 Å². The third-order valence-corrected chi connectivity index (χ3v) is 5.67. The van der Waals surface area contributed by atoms with Gasteiger partial charge in [-0.1, -0.05) is 31.2 Å². The van der Waals surface area contributed by atoms with Gasteiger partial charge in [0, 0.05) is 38.2 Å². The molecular formula is C24H29N3O4. The molecular weight excluding hydrogens is 394 g/mol. The SMILES string of the molecule is CCCn1c(=O)n(CCC(=O)N(CC)Cc2cccc3c2OCCO3)c2ccccc21. The fourth-order valence-corrected chi connectivity index (χ4v) is 4.13. The minimum Gasteiger partial charge on any atom is -0.486 e. The van der Waals surface area contributed by atoms with Gasteiger partial charge in [0.15, 0.2) is 11.5 Å². The molecule has 0 fully saturated rings. The lowest BCUT2D eigenvalue weighted by atomic mass is 10.1. The van der Waals surface area contributed by atoms with Crippen LogP contribution in [0.25, 0.3) is 11.0 Å². The molecule has 0 bridgehead atoms. The highest BCUT2D eigenvalue weighted by Crippen LogP contribution is 2.34. The minimum absolute atomic E-state index is 0.0102. The Balaban J connectivity index is 1.51. The van der Waals surface area contributed by atoms with Gasteiger partial charge in [0.1, 0.15) is 13.2 Å². The van der Waals surface area contributed by atoms with E-state index < -0.39 is 0 Å². The molecule has 0 radical (unpaired) electrons. The Morgan fingerprint density at radius 3 is 2.39 bits per heavy atom. The summed E-state index contributed by atoms with van der Waals surface area (Å²) in [5, 5.41) is 0. The molecule has 1 aromatic heterocycles. The fourth-order valence-electron chi connectivity index (χ4n) is 4.13. The number of fused-ring (bicyclic) bond motifs is 2. The Hall–Kier alpha value is -3.22. The standard InChI is InChI=1S/C24H29N3O4/c1-3-13-26-19-9-5-6-10-20(19)27(24(26)29)14-12-22(28)25(4-2)17-18-8-7-11-21-23(18)31-16-15-30-21/h5-11H,3-4,12-17H2,1-2H3. The van der Waals surface area contributed by atoms with Crippen LogP contribution in [0.5, 0.6) is 11.5 Å². The first-order chi connectivity index (χ1) is 15.1. The van der Waals surface area contributed by atoms with Gasteiger partial charge in [-0.2, -0.15) is 0 Å². The molecule has 0 N–H and O–H groups in total. The number of hydrogen-bond donors (Lipinski definition) is 0. The minimum atomic E-state index is -0.0541. The van der Waals surface area contributed by atoms with Gasteiger partial charge in [0.2, 0.25) is 5.91 Å². The van der Waals surface area contributed by atoms with Crippen LogP contribution < -0.4 is 15.2 Å². The first-order valence-electron chi connectivity index (χ1n) is 11.0. The molecule has 0 spiro atoms. The largest absolute Gasteiger partial charge is 0.486 e. The van der Waals surface area contributed by atoms with Crippen molar-refractivity contribution in [2.45, 2.75) is 46.3 Å². The van der Waals surface area contributed by atoms with Crippen LogP contribution in [0.15, 0.2) is 47.3 Å². The van der Waals surface area contributed by atoms with Crippen LogP contribution in [0.3, 0.4) is 0 Å². The molecule has 2 aromatic carbocycles. The molecule has 0 saturated heterocycles. The number of carbonyl (C=O) groups excluding carboxylic acids is 1. The number of benzene rings is 2. The summed E-state index contributed by atoms with van der Waals surface area (Å²) in [5.74, 6) is 1.46. The molecule has 0 saturated carbocycles. The Morgan fingerprint density at radius 1 is 0.968 bits per heavy atom. The Bertz CT molecular complexity index is 1130. The van der Waals surface area contributed by atoms with Crippen LogP contribution in [0, 0.1) is 0 Å². The zero-order chi connectivity index (χ0) is 21.8. The van der Waals surface area contributed by atoms with E-state index in [0.717, 1.165) is 34.5 Å². The second-order valence-corrected chi connectivity index (χ2v) is 7.67. The summed E-state index contributed by atoms with van der Waals surface area (Å²) >= 11 is 0. The highest BCUT2D eigenvalue weighted by molar-refractivity contribution is 5.78. The molecule has 1 aliphatic rings. The van der Waals surface area contributed by atoms with Gasteiger partial charge in [-0.3, -0.25) is 13.9 Å². The van der Waals surface area contributed by atoms with Crippen LogP contribution in [-0.2, 0) is 24.4 Å². The summed E-state index contributed by atoms with van der Waals surface area (Å²) in [6.07, 6.45) is 1.14. The average Bonchev–Trinajstić information content (AvgIpc) is 3.07. The van der Waals surface area contributed by atoms with Crippen LogP contribution >= 0.6 is 0 Å². The third-order valence-electron chi connectivity index (χ3n) is 5.67. The molecule has 2 heterocycles. The average molecular weight is 424 g/mol. The second-order valence-electron chi connectivity index (χ2n) is 7.67. The summed E-state index contributed by atoms with van der Waals surface area (Å²) in [4.78, 5) is 27.8. The number of rotatable bonds is 8. The van der Waals surface area contributed by atoms with Gasteiger partial charge in [-0.05, 0) is 31.5 Å². The number of aryl methyl sites for hydroxylation is 2. The van der Waals surface area contributed by atoms with E-state index >= 15 is 0 Å². The van der Waals surface area contributed by atoms with Crippen LogP contribution in [-0.4, -0.2) is 39.7 Å². The maximum Gasteiger partial charge on any atom is 0.329 e. The number of amides is 1. The van der Waals surface area contributed by atoms with Crippen LogP contribution in [0.2, 0.25) is 0 Å². The summed E-state index contributed by atoms with van der Waals surface area (Å²) in [7, 11) is 0. The maximum atomic E-state index is 13.0. The zero-order valence-electron chi connectivity index (χ0n) is 18.2. The number of nitrogens with zero attached hydrogens (tertiary/aromatic N) is 3. The lowest BCUT2D eigenvalue weighted by Gasteiger charge is -2.25. The number of hydrogen-bond acceptors (Lipinski definition) is 4. The number of imidazole rings is 1. The van der Waals surface area contributed by atoms with Crippen molar-refractivity contribution in [3.63, 3.8) is 0 Å². The van der Waals surface area contributed by atoms with Gasteiger partial charge >= 0.3 is 5.69 Å². The molecule has 7 nitrogen and oxygen atoms in total. The van der Waals surface area contributed by atoms with Crippen molar-refractivity contribution in [2.75, 3.05) is 19.8 Å². The monoisotopic (exact) mass is 423 g/mol. The number of para-hydroxylation sites is 3. The van der Waals surface area contributed by atoms with E-state index in [1.54, 1.807) is 14.0 Å². The second kappa shape index (κ2) is 9.29. The zero-order valence-corrected chi connectivity index (χ0v) is 18.2. The van der Waals surface area contributed by atoms with Gasteiger partial charge in [-0.15, -0.1) is 0 Å². The molecule has 7 heteroatoms. The van der Waals surface area contributed by atoms with E-state index in [2.05, 4.69) is 6.92 Å².